The van der Waals surface area contributed by atoms with E-state index in [0.29, 0.717) is 17.0 Å². The minimum Gasteiger partial charge on any atom is -0.504 e. The first-order valence-corrected chi connectivity index (χ1v) is 6.95. The number of amides is 1. The lowest BCUT2D eigenvalue weighted by Crippen LogP contribution is -2.07. The van der Waals surface area contributed by atoms with E-state index in [0.717, 1.165) is 10.9 Å². The first-order valence-electron chi connectivity index (χ1n) is 6.95. The number of hydrogen-bond donors (Lipinski definition) is 3. The summed E-state index contributed by atoms with van der Waals surface area (Å²) in [6.07, 6.45) is 4.71. The number of anilines is 1. The number of aromatic hydroxyl groups is 1. The molecule has 6 nitrogen and oxygen atoms in total. The number of phenolic OH excluding ortho intramolecular Hbond substituents is 1. The number of rotatable bonds is 4. The molecule has 1 aromatic heterocycles. The van der Waals surface area contributed by atoms with Crippen molar-refractivity contribution in [1.82, 2.24) is 10.2 Å². The van der Waals surface area contributed by atoms with Crippen LogP contribution in [0, 0.1) is 0 Å². The highest BCUT2D eigenvalue weighted by Gasteiger charge is 2.03. The molecule has 0 aliphatic rings. The summed E-state index contributed by atoms with van der Waals surface area (Å²) in [7, 11) is 1.48. The minimum atomic E-state index is -0.261. The van der Waals surface area contributed by atoms with Crippen LogP contribution in [0.15, 0.2) is 48.7 Å². The molecule has 1 amide bonds. The Bertz CT molecular complexity index is 884. The highest BCUT2D eigenvalue weighted by atomic mass is 16.5. The fourth-order valence-corrected chi connectivity index (χ4v) is 2.19. The third kappa shape index (κ3) is 3.32. The van der Waals surface area contributed by atoms with Gasteiger partial charge in [0.15, 0.2) is 11.5 Å². The second-order valence-corrected chi connectivity index (χ2v) is 4.93. The van der Waals surface area contributed by atoms with Crippen molar-refractivity contribution in [2.24, 2.45) is 0 Å². The van der Waals surface area contributed by atoms with Crippen molar-refractivity contribution in [3.8, 4) is 11.5 Å². The average Bonchev–Trinajstić information content (AvgIpc) is 3.01. The van der Waals surface area contributed by atoms with Gasteiger partial charge in [-0.25, -0.2) is 0 Å². The van der Waals surface area contributed by atoms with Crippen molar-refractivity contribution in [3.05, 3.63) is 54.2 Å². The summed E-state index contributed by atoms with van der Waals surface area (Å²) in [4.78, 5) is 12.0. The van der Waals surface area contributed by atoms with Gasteiger partial charge in [0.25, 0.3) is 0 Å². The summed E-state index contributed by atoms with van der Waals surface area (Å²) in [6, 6.07) is 10.4. The molecule has 1 heterocycles. The third-order valence-electron chi connectivity index (χ3n) is 3.34. The maximum absolute atomic E-state index is 12.0. The Morgan fingerprint density at radius 1 is 1.30 bits per heavy atom. The van der Waals surface area contributed by atoms with Crippen LogP contribution in [0.4, 0.5) is 5.69 Å². The largest absolute Gasteiger partial charge is 0.504 e. The molecule has 2 aromatic carbocycles. The predicted octanol–water partition coefficient (Wildman–Crippen LogP) is 2.93. The molecule has 0 saturated carbocycles. The maximum atomic E-state index is 12.0. The number of fused-ring (bicyclic) bond motifs is 1. The molecular formula is C17H15N3O3. The molecule has 6 heteroatoms. The lowest BCUT2D eigenvalue weighted by atomic mass is 10.2. The minimum absolute atomic E-state index is 0.0282. The molecule has 3 N–H and O–H groups in total. The molecule has 0 spiro atoms. The van der Waals surface area contributed by atoms with Crippen molar-refractivity contribution < 1.29 is 14.6 Å². The molecule has 0 saturated heterocycles. The second-order valence-electron chi connectivity index (χ2n) is 4.93. The quantitative estimate of drug-likeness (QED) is 0.647. The SMILES string of the molecule is COc1ccc(C=CC(=O)Nc2ccc3[nH]ncc3c2)cc1O. The number of methoxy groups -OCH3 is 1. The number of ether oxygens (including phenoxy) is 1. The van der Waals surface area contributed by atoms with E-state index in [-0.39, 0.29) is 11.7 Å². The number of hydrogen-bond acceptors (Lipinski definition) is 4. The molecule has 0 aliphatic heterocycles. The third-order valence-corrected chi connectivity index (χ3v) is 3.34. The molecule has 3 aromatic rings. The van der Waals surface area contributed by atoms with Gasteiger partial charge >= 0.3 is 0 Å². The number of H-pyrrole nitrogens is 1. The highest BCUT2D eigenvalue weighted by molar-refractivity contribution is 6.02. The molecule has 0 radical (unpaired) electrons. The Labute approximate surface area is 132 Å². The highest BCUT2D eigenvalue weighted by Crippen LogP contribution is 2.26. The number of carbonyl (C=O) groups excluding carboxylic acids is 1. The number of phenols is 1. The van der Waals surface area contributed by atoms with Crippen molar-refractivity contribution in [1.29, 1.82) is 0 Å². The molecule has 23 heavy (non-hydrogen) atoms. The zero-order valence-electron chi connectivity index (χ0n) is 12.4. The monoisotopic (exact) mass is 309 g/mol. The fourth-order valence-electron chi connectivity index (χ4n) is 2.19. The second kappa shape index (κ2) is 6.23. The van der Waals surface area contributed by atoms with Crippen LogP contribution in [0.3, 0.4) is 0 Å². The van der Waals surface area contributed by atoms with E-state index in [9.17, 15) is 9.90 Å². The first kappa shape index (κ1) is 14.6. The average molecular weight is 309 g/mol. The predicted molar refractivity (Wildman–Crippen MR) is 88.4 cm³/mol. The van der Waals surface area contributed by atoms with Crippen molar-refractivity contribution in [2.45, 2.75) is 0 Å². The van der Waals surface area contributed by atoms with Crippen LogP contribution >= 0.6 is 0 Å². The van der Waals surface area contributed by atoms with Gasteiger partial charge in [0.1, 0.15) is 0 Å². The van der Waals surface area contributed by atoms with Gasteiger partial charge in [-0.15, -0.1) is 0 Å². The van der Waals surface area contributed by atoms with Gasteiger partial charge in [-0.2, -0.15) is 5.10 Å². The summed E-state index contributed by atoms with van der Waals surface area (Å²) < 4.78 is 4.97. The van der Waals surface area contributed by atoms with Crippen LogP contribution in [0.1, 0.15) is 5.56 Å². The molecule has 0 bridgehead atoms. The van der Waals surface area contributed by atoms with E-state index in [1.165, 1.54) is 19.3 Å². The molecule has 3 rings (SSSR count). The smallest absolute Gasteiger partial charge is 0.248 e. The maximum Gasteiger partial charge on any atom is 0.248 e. The number of benzene rings is 2. The van der Waals surface area contributed by atoms with Crippen LogP contribution in [0.2, 0.25) is 0 Å². The molecule has 116 valence electrons. The molecule has 0 atom stereocenters. The van der Waals surface area contributed by atoms with E-state index < -0.39 is 0 Å². The number of carbonyl (C=O) groups is 1. The lowest BCUT2D eigenvalue weighted by molar-refractivity contribution is -0.111. The number of nitrogens with one attached hydrogen (secondary N) is 2. The van der Waals surface area contributed by atoms with Gasteiger partial charge in [0, 0.05) is 17.1 Å². The van der Waals surface area contributed by atoms with Crippen LogP contribution in [-0.4, -0.2) is 28.3 Å². The zero-order chi connectivity index (χ0) is 16.2. The van der Waals surface area contributed by atoms with Crippen LogP contribution < -0.4 is 10.1 Å². The molecular weight excluding hydrogens is 294 g/mol. The van der Waals surface area contributed by atoms with Crippen LogP contribution in [-0.2, 0) is 4.79 Å². The Hall–Kier alpha value is -3.28. The van der Waals surface area contributed by atoms with Crippen molar-refractivity contribution in [3.63, 3.8) is 0 Å². The van der Waals surface area contributed by atoms with E-state index in [2.05, 4.69) is 15.5 Å². The lowest BCUT2D eigenvalue weighted by Gasteiger charge is -2.04. The Kier molecular flexibility index (Phi) is 3.97. The zero-order valence-corrected chi connectivity index (χ0v) is 12.4. The Morgan fingerprint density at radius 3 is 2.96 bits per heavy atom. The van der Waals surface area contributed by atoms with Crippen molar-refractivity contribution in [2.75, 3.05) is 12.4 Å². The normalized spacial score (nSPS) is 11.0. The Balaban J connectivity index is 1.69. The van der Waals surface area contributed by atoms with Gasteiger partial charge in [0.2, 0.25) is 5.91 Å². The number of aromatic nitrogens is 2. The van der Waals surface area contributed by atoms with Gasteiger partial charge < -0.3 is 15.2 Å². The van der Waals surface area contributed by atoms with E-state index >= 15 is 0 Å². The summed E-state index contributed by atoms with van der Waals surface area (Å²) >= 11 is 0. The first-order chi connectivity index (χ1) is 11.2. The van der Waals surface area contributed by atoms with Crippen molar-refractivity contribution >= 4 is 28.6 Å². The van der Waals surface area contributed by atoms with Gasteiger partial charge in [-0.3, -0.25) is 9.89 Å². The summed E-state index contributed by atoms with van der Waals surface area (Å²) in [5.41, 5.74) is 2.29. The summed E-state index contributed by atoms with van der Waals surface area (Å²) in [5.74, 6) is 0.156. The fraction of sp³-hybridized carbons (Fsp3) is 0.0588. The van der Waals surface area contributed by atoms with Gasteiger partial charge in [-0.05, 0) is 42.0 Å². The standard InChI is InChI=1S/C17H15N3O3/c1-23-16-6-2-11(8-15(16)21)3-7-17(22)19-13-4-5-14-12(9-13)10-18-20-14/h2-10,21H,1H3,(H,18,20)(H,19,22). The van der Waals surface area contributed by atoms with Gasteiger partial charge in [-0.1, -0.05) is 6.07 Å². The van der Waals surface area contributed by atoms with Gasteiger partial charge in [0.05, 0.1) is 18.8 Å². The van der Waals surface area contributed by atoms with E-state index in [1.807, 2.05) is 12.1 Å². The molecule has 0 aliphatic carbocycles. The van der Waals surface area contributed by atoms with Crippen LogP contribution in [0.5, 0.6) is 11.5 Å². The van der Waals surface area contributed by atoms with Crippen LogP contribution in [0.25, 0.3) is 17.0 Å². The number of aromatic amines is 1. The topological polar surface area (TPSA) is 87.2 Å². The summed E-state index contributed by atoms with van der Waals surface area (Å²) in [6.45, 7) is 0. The number of nitrogens with zero attached hydrogens (tertiary/aromatic N) is 1. The van der Waals surface area contributed by atoms with E-state index in [4.69, 9.17) is 4.74 Å². The van der Waals surface area contributed by atoms with E-state index in [1.54, 1.807) is 30.5 Å². The Morgan fingerprint density at radius 2 is 2.17 bits per heavy atom. The molecule has 0 fully saturated rings. The molecule has 0 unspecified atom stereocenters. The summed E-state index contributed by atoms with van der Waals surface area (Å²) in [5, 5.41) is 20.2.